The van der Waals surface area contributed by atoms with Crippen molar-refractivity contribution < 1.29 is 19.7 Å². The smallest absolute Gasteiger partial charge is 0.269 e. The molecule has 0 atom stereocenters. The number of nitro groups is 1. The highest BCUT2D eigenvalue weighted by Crippen LogP contribution is 2.50. The summed E-state index contributed by atoms with van der Waals surface area (Å²) < 4.78 is 14.1. The molecule has 1 heterocycles. The number of fused-ring (bicyclic) bond motifs is 1. The van der Waals surface area contributed by atoms with Gasteiger partial charge in [0.25, 0.3) is 5.69 Å². The van der Waals surface area contributed by atoms with Gasteiger partial charge in [-0.25, -0.2) is 0 Å². The van der Waals surface area contributed by atoms with Crippen LogP contribution in [-0.2, 0) is 10.8 Å². The lowest BCUT2D eigenvalue weighted by Crippen LogP contribution is -2.79. The number of nitrogens with two attached hydrogens (primary N) is 1. The summed E-state index contributed by atoms with van der Waals surface area (Å²) in [6.45, 7) is 13.4. The number of halogens is 3. The van der Waals surface area contributed by atoms with Crippen LogP contribution < -0.4 is 19.7 Å². The summed E-state index contributed by atoms with van der Waals surface area (Å²) in [7, 11) is 0. The van der Waals surface area contributed by atoms with Crippen LogP contribution in [0.2, 0.25) is 0 Å². The predicted molar refractivity (Wildman–Crippen MR) is 226 cm³/mol. The Bertz CT molecular complexity index is 2110. The molecule has 0 fully saturated rings. The highest BCUT2D eigenvalue weighted by atomic mass is 79.9. The predicted octanol–water partition coefficient (Wildman–Crippen LogP) is 11.3. The monoisotopic (exact) mass is 874 g/mol. The molecular formula is C44H47Br2ClN3O4+. The van der Waals surface area contributed by atoms with Gasteiger partial charge in [-0.05, 0) is 121 Å². The molecule has 0 amide bonds. The van der Waals surface area contributed by atoms with Gasteiger partial charge >= 0.3 is 0 Å². The van der Waals surface area contributed by atoms with E-state index in [4.69, 9.17) is 21.1 Å². The lowest BCUT2D eigenvalue weighted by atomic mass is 9.79. The average molecular weight is 877 g/mol. The van der Waals surface area contributed by atoms with E-state index in [0.717, 1.165) is 79.4 Å². The van der Waals surface area contributed by atoms with Crippen LogP contribution in [0.4, 0.5) is 17.1 Å². The molecule has 54 heavy (non-hydrogen) atoms. The summed E-state index contributed by atoms with van der Waals surface area (Å²) >= 11 is 14.2. The Labute approximate surface area is 340 Å². The van der Waals surface area contributed by atoms with Gasteiger partial charge in [0, 0.05) is 48.5 Å². The first-order valence-electron chi connectivity index (χ1n) is 18.3. The number of hydrogen-bond donors (Lipinski definition) is 1. The zero-order valence-electron chi connectivity index (χ0n) is 31.4. The second-order valence-corrected chi connectivity index (χ2v) is 17.3. The average Bonchev–Trinajstić information content (AvgIpc) is 3.59. The Kier molecular flexibility index (Phi) is 12.4. The van der Waals surface area contributed by atoms with Crippen LogP contribution in [0.3, 0.4) is 0 Å². The van der Waals surface area contributed by atoms with Crippen molar-refractivity contribution in [3.8, 4) is 11.5 Å². The van der Waals surface area contributed by atoms with Gasteiger partial charge in [-0.15, -0.1) is 0 Å². The van der Waals surface area contributed by atoms with Gasteiger partial charge in [-0.2, -0.15) is 0 Å². The first-order valence-corrected chi connectivity index (χ1v) is 20.3. The third-order valence-electron chi connectivity index (χ3n) is 10.4. The molecule has 0 unspecified atom stereocenters. The summed E-state index contributed by atoms with van der Waals surface area (Å²) in [5, 5.41) is 14.8. The molecule has 0 spiro atoms. The van der Waals surface area contributed by atoms with Crippen LogP contribution in [-0.4, -0.2) is 31.2 Å². The van der Waals surface area contributed by atoms with E-state index in [0.29, 0.717) is 19.8 Å². The van der Waals surface area contributed by atoms with E-state index >= 15 is 0 Å². The Hall–Kier alpha value is -3.89. The molecular weight excluding hydrogens is 830 g/mol. The second-order valence-electron chi connectivity index (χ2n) is 15.1. The molecule has 4 aromatic rings. The molecule has 282 valence electrons. The first-order chi connectivity index (χ1) is 25.7. The van der Waals surface area contributed by atoms with Crippen LogP contribution in [0.15, 0.2) is 128 Å². The summed E-state index contributed by atoms with van der Waals surface area (Å²) in [6.07, 6.45) is 7.05. The number of hydrogen-bond acceptors (Lipinski definition) is 5. The minimum absolute atomic E-state index is 0.0866. The minimum Gasteiger partial charge on any atom is -0.492 e. The first kappa shape index (κ1) is 39.8. The molecule has 1 aliphatic heterocycles. The zero-order valence-corrected chi connectivity index (χ0v) is 35.4. The number of non-ortho nitro benzene ring substituents is 1. The maximum absolute atomic E-state index is 11.8. The SMILES string of the molecule is Cc1ccc([NH2+]CCOc2ccc(Br)cc2)c(C(C)(C)C/C=C2\CCC(/C=C3/N(CCOc4ccc(Br)cc4)c4ccc([N+](=O)[O-])cc4C3(C)C)=C2Cl)c1. The zero-order chi connectivity index (χ0) is 38.6. The van der Waals surface area contributed by atoms with Crippen molar-refractivity contribution in [2.24, 2.45) is 0 Å². The summed E-state index contributed by atoms with van der Waals surface area (Å²) in [5.74, 6) is 1.65. The van der Waals surface area contributed by atoms with E-state index in [9.17, 15) is 10.1 Å². The molecule has 6 rings (SSSR count). The molecule has 0 radical (unpaired) electrons. The molecule has 1 aliphatic carbocycles. The van der Waals surface area contributed by atoms with Gasteiger partial charge in [-0.3, -0.25) is 10.1 Å². The van der Waals surface area contributed by atoms with Gasteiger partial charge in [0.15, 0.2) is 0 Å². The molecule has 0 bridgehead atoms. The maximum Gasteiger partial charge on any atom is 0.269 e. The van der Waals surface area contributed by atoms with E-state index < -0.39 is 5.41 Å². The molecule has 4 aromatic carbocycles. The number of rotatable bonds is 14. The molecule has 10 heteroatoms. The Balaban J connectivity index is 1.21. The van der Waals surface area contributed by atoms with Gasteiger partial charge < -0.3 is 19.7 Å². The number of quaternary nitrogens is 1. The van der Waals surface area contributed by atoms with Crippen molar-refractivity contribution in [3.63, 3.8) is 0 Å². The third kappa shape index (κ3) is 9.14. The summed E-state index contributed by atoms with van der Waals surface area (Å²) in [4.78, 5) is 13.7. The van der Waals surface area contributed by atoms with E-state index in [1.165, 1.54) is 16.8 Å². The Morgan fingerprint density at radius 1 is 0.926 bits per heavy atom. The minimum atomic E-state index is -0.487. The Morgan fingerprint density at radius 3 is 2.22 bits per heavy atom. The van der Waals surface area contributed by atoms with E-state index in [2.05, 4.69) is 107 Å². The topological polar surface area (TPSA) is 81.5 Å². The summed E-state index contributed by atoms with van der Waals surface area (Å²) in [5.41, 5.74) is 8.41. The second kappa shape index (κ2) is 16.9. The third-order valence-corrected chi connectivity index (χ3v) is 11.9. The number of nitro benzene ring substituents is 1. The Morgan fingerprint density at radius 2 is 1.57 bits per heavy atom. The molecule has 0 aromatic heterocycles. The van der Waals surface area contributed by atoms with Crippen LogP contribution in [0, 0.1) is 17.0 Å². The standard InChI is InChI=1S/C44H46Br2ClN3O4/c1-29-6-18-39(48-22-24-53-35-14-9-32(45)10-15-35)37(26-29)43(2,3)21-20-30-7-8-31(42(30)47)27-41-44(4,5)38-28-34(50(51)52)13-19-40(38)49(41)23-25-54-36-16-11-33(46)12-17-36/h6,9-20,26-28,48H,7-8,21-25H2,1-5H3/p+1/b30-20+,41-27+. The molecule has 2 N–H and O–H groups in total. The molecule has 0 saturated heterocycles. The van der Waals surface area contributed by atoms with Crippen molar-refractivity contribution in [3.05, 3.63) is 155 Å². The normalized spacial score (nSPS) is 16.7. The number of allylic oxidation sites excluding steroid dienone is 6. The number of anilines is 1. The largest absolute Gasteiger partial charge is 0.492 e. The van der Waals surface area contributed by atoms with Crippen LogP contribution in [0.25, 0.3) is 0 Å². The van der Waals surface area contributed by atoms with Crippen molar-refractivity contribution in [2.45, 2.75) is 64.7 Å². The van der Waals surface area contributed by atoms with Crippen molar-refractivity contribution in [1.29, 1.82) is 0 Å². The van der Waals surface area contributed by atoms with Gasteiger partial charge in [-0.1, -0.05) is 88.9 Å². The van der Waals surface area contributed by atoms with Crippen LogP contribution in [0.5, 0.6) is 11.5 Å². The molecule has 7 nitrogen and oxygen atoms in total. The number of aryl methyl sites for hydroxylation is 1. The fraction of sp³-hybridized carbons (Fsp3) is 0.318. The highest BCUT2D eigenvalue weighted by molar-refractivity contribution is 9.10. The maximum atomic E-state index is 11.8. The van der Waals surface area contributed by atoms with Crippen LogP contribution >= 0.6 is 43.5 Å². The highest BCUT2D eigenvalue weighted by Gasteiger charge is 2.41. The van der Waals surface area contributed by atoms with E-state index in [1.54, 1.807) is 12.1 Å². The number of benzene rings is 4. The fourth-order valence-corrected chi connectivity index (χ4v) is 8.14. The quantitative estimate of drug-likeness (QED) is 0.0591. The van der Waals surface area contributed by atoms with Gasteiger partial charge in [0.1, 0.15) is 36.9 Å². The lowest BCUT2D eigenvalue weighted by molar-refractivity contribution is -0.573. The lowest BCUT2D eigenvalue weighted by Gasteiger charge is -2.27. The van der Waals surface area contributed by atoms with E-state index in [-0.39, 0.29) is 16.0 Å². The fourth-order valence-electron chi connectivity index (χ4n) is 7.30. The van der Waals surface area contributed by atoms with Gasteiger partial charge in [0.05, 0.1) is 11.5 Å². The summed E-state index contributed by atoms with van der Waals surface area (Å²) in [6, 6.07) is 27.6. The molecule has 2 aliphatic rings. The number of ether oxygens (including phenoxy) is 2. The number of nitrogens with zero attached hydrogens (tertiary/aromatic N) is 2. The van der Waals surface area contributed by atoms with Crippen molar-refractivity contribution >= 4 is 60.5 Å². The van der Waals surface area contributed by atoms with Crippen molar-refractivity contribution in [2.75, 3.05) is 31.2 Å². The van der Waals surface area contributed by atoms with Crippen LogP contribution in [0.1, 0.15) is 63.6 Å². The molecule has 0 saturated carbocycles. The van der Waals surface area contributed by atoms with Crippen molar-refractivity contribution in [1.82, 2.24) is 0 Å². The van der Waals surface area contributed by atoms with E-state index in [1.807, 2.05) is 54.6 Å². The van der Waals surface area contributed by atoms with Gasteiger partial charge in [0.2, 0.25) is 0 Å².